The molecule has 1 N–H and O–H groups in total. The number of ether oxygens (including phenoxy) is 1. The fourth-order valence-electron chi connectivity index (χ4n) is 1.80. The van der Waals surface area contributed by atoms with Crippen molar-refractivity contribution in [2.45, 2.75) is 13.5 Å². The summed E-state index contributed by atoms with van der Waals surface area (Å²) in [5, 5.41) is 2.92. The van der Waals surface area contributed by atoms with Crippen LogP contribution in [0.1, 0.15) is 12.5 Å². The van der Waals surface area contributed by atoms with Crippen LogP contribution in [-0.4, -0.2) is 35.7 Å². The molecule has 0 fully saturated rings. The molecule has 6 nitrogen and oxygen atoms in total. The number of nitrogens with one attached hydrogen (secondary N) is 1. The molecule has 7 heteroatoms. The van der Waals surface area contributed by atoms with Crippen LogP contribution in [0, 0.1) is 0 Å². The van der Waals surface area contributed by atoms with Gasteiger partial charge >= 0.3 is 6.01 Å². The van der Waals surface area contributed by atoms with Crippen LogP contribution < -0.4 is 15.0 Å². The zero-order chi connectivity index (χ0) is 15.2. The molecular weight excluding hydrogens is 334 g/mol. The molecule has 0 unspecified atom stereocenters. The van der Waals surface area contributed by atoms with Crippen molar-refractivity contribution in [3.63, 3.8) is 0 Å². The first-order valence-electron chi connectivity index (χ1n) is 6.64. The Morgan fingerprint density at radius 3 is 2.76 bits per heavy atom. The van der Waals surface area contributed by atoms with Gasteiger partial charge in [0.25, 0.3) is 0 Å². The maximum absolute atomic E-state index is 5.37. The van der Waals surface area contributed by atoms with Crippen molar-refractivity contribution >= 4 is 27.8 Å². The molecule has 0 saturated heterocycles. The third kappa shape index (κ3) is 4.29. The highest BCUT2D eigenvalue weighted by Gasteiger charge is 2.11. The average Bonchev–Trinajstić information content (AvgIpc) is 2.47. The number of nitrogens with zero attached hydrogens (tertiary/aromatic N) is 4. The van der Waals surface area contributed by atoms with Crippen molar-refractivity contribution < 1.29 is 4.74 Å². The summed E-state index contributed by atoms with van der Waals surface area (Å²) in [5.41, 5.74) is 1.16. The summed E-state index contributed by atoms with van der Waals surface area (Å²) < 4.78 is 6.42. The van der Waals surface area contributed by atoms with Gasteiger partial charge in [-0.05, 0) is 24.6 Å². The zero-order valence-electron chi connectivity index (χ0n) is 12.3. The Hall–Kier alpha value is -1.89. The smallest absolute Gasteiger partial charge is 0.323 e. The molecule has 0 amide bonds. The number of hydrogen-bond acceptors (Lipinski definition) is 6. The van der Waals surface area contributed by atoms with Gasteiger partial charge in [-0.2, -0.15) is 15.0 Å². The second-order valence-corrected chi connectivity index (χ2v) is 5.33. The maximum atomic E-state index is 5.37. The summed E-state index contributed by atoms with van der Waals surface area (Å²) in [5.74, 6) is 1.06. The molecule has 0 aliphatic heterocycles. The van der Waals surface area contributed by atoms with Gasteiger partial charge < -0.3 is 15.0 Å². The van der Waals surface area contributed by atoms with Gasteiger partial charge in [0.05, 0.1) is 6.61 Å². The van der Waals surface area contributed by atoms with Crippen LogP contribution in [0.3, 0.4) is 0 Å². The van der Waals surface area contributed by atoms with E-state index in [0.717, 1.165) is 10.0 Å². The molecule has 0 saturated carbocycles. The lowest BCUT2D eigenvalue weighted by molar-refractivity contribution is 0.312. The van der Waals surface area contributed by atoms with Crippen molar-refractivity contribution in [1.29, 1.82) is 0 Å². The van der Waals surface area contributed by atoms with Crippen LogP contribution in [0.25, 0.3) is 0 Å². The standard InChI is InChI=1S/C14H18BrN5O/c1-4-21-14-18-12(16-2)17-13(19-14)20(3)9-10-6-5-7-11(15)8-10/h5-8H,4,9H2,1-3H3,(H,16,17,18,19). The van der Waals surface area contributed by atoms with Crippen molar-refractivity contribution in [2.24, 2.45) is 0 Å². The molecule has 0 atom stereocenters. The Bertz CT molecular complexity index is 608. The lowest BCUT2D eigenvalue weighted by atomic mass is 10.2. The highest BCUT2D eigenvalue weighted by molar-refractivity contribution is 9.10. The Balaban J connectivity index is 2.21. The summed E-state index contributed by atoms with van der Waals surface area (Å²) in [6, 6.07) is 8.46. The van der Waals surface area contributed by atoms with E-state index in [-0.39, 0.29) is 0 Å². The monoisotopic (exact) mass is 351 g/mol. The van der Waals surface area contributed by atoms with Gasteiger partial charge in [0.15, 0.2) is 0 Å². The summed E-state index contributed by atoms with van der Waals surface area (Å²) in [7, 11) is 3.70. The van der Waals surface area contributed by atoms with Crippen LogP contribution in [0.15, 0.2) is 28.7 Å². The summed E-state index contributed by atoms with van der Waals surface area (Å²) in [6.45, 7) is 3.11. The first-order chi connectivity index (χ1) is 10.1. The SMILES string of the molecule is CCOc1nc(NC)nc(N(C)Cc2cccc(Br)c2)n1. The molecule has 1 aromatic heterocycles. The summed E-state index contributed by atoms with van der Waals surface area (Å²) in [6.07, 6.45) is 0. The number of hydrogen-bond donors (Lipinski definition) is 1. The number of halogens is 1. The molecule has 0 bridgehead atoms. The Morgan fingerprint density at radius 2 is 2.10 bits per heavy atom. The van der Waals surface area contributed by atoms with Crippen LogP contribution in [0.2, 0.25) is 0 Å². The van der Waals surface area contributed by atoms with E-state index in [1.807, 2.05) is 31.0 Å². The van der Waals surface area contributed by atoms with Crippen LogP contribution in [0.4, 0.5) is 11.9 Å². The number of anilines is 2. The van der Waals surface area contributed by atoms with E-state index < -0.39 is 0 Å². The van der Waals surface area contributed by atoms with Crippen LogP contribution in [0.5, 0.6) is 6.01 Å². The second kappa shape index (κ2) is 7.21. The maximum Gasteiger partial charge on any atom is 0.323 e. The van der Waals surface area contributed by atoms with E-state index in [1.165, 1.54) is 0 Å². The molecule has 1 heterocycles. The number of benzene rings is 1. The third-order valence-electron chi connectivity index (χ3n) is 2.75. The second-order valence-electron chi connectivity index (χ2n) is 4.41. The Labute approximate surface area is 132 Å². The first kappa shape index (κ1) is 15.5. The fraction of sp³-hybridized carbons (Fsp3) is 0.357. The Kier molecular flexibility index (Phi) is 5.32. The molecule has 21 heavy (non-hydrogen) atoms. The molecule has 0 spiro atoms. The molecule has 112 valence electrons. The fourth-order valence-corrected chi connectivity index (χ4v) is 2.25. The minimum Gasteiger partial charge on any atom is -0.464 e. The summed E-state index contributed by atoms with van der Waals surface area (Å²) in [4.78, 5) is 14.8. The zero-order valence-corrected chi connectivity index (χ0v) is 13.9. The quantitative estimate of drug-likeness (QED) is 0.863. The highest BCUT2D eigenvalue weighted by atomic mass is 79.9. The normalized spacial score (nSPS) is 10.3. The molecule has 2 aromatic rings. The topological polar surface area (TPSA) is 63.2 Å². The van der Waals surface area contributed by atoms with Gasteiger partial charge in [-0.1, -0.05) is 28.1 Å². The largest absolute Gasteiger partial charge is 0.464 e. The van der Waals surface area contributed by atoms with Gasteiger partial charge in [-0.3, -0.25) is 0 Å². The van der Waals surface area contributed by atoms with E-state index in [9.17, 15) is 0 Å². The first-order valence-corrected chi connectivity index (χ1v) is 7.44. The molecular formula is C14H18BrN5O. The number of rotatable bonds is 6. The predicted molar refractivity (Wildman–Crippen MR) is 86.8 cm³/mol. The van der Waals surface area contributed by atoms with Gasteiger partial charge in [-0.15, -0.1) is 0 Å². The molecule has 0 radical (unpaired) electrons. The van der Waals surface area contributed by atoms with E-state index in [1.54, 1.807) is 7.05 Å². The summed E-state index contributed by atoms with van der Waals surface area (Å²) >= 11 is 3.47. The lowest BCUT2D eigenvalue weighted by Crippen LogP contribution is -2.20. The van der Waals surface area contributed by atoms with E-state index in [4.69, 9.17) is 4.74 Å². The molecule has 2 rings (SSSR count). The number of aromatic nitrogens is 3. The van der Waals surface area contributed by atoms with Gasteiger partial charge in [-0.25, -0.2) is 0 Å². The van der Waals surface area contributed by atoms with Gasteiger partial charge in [0.2, 0.25) is 11.9 Å². The van der Waals surface area contributed by atoms with E-state index >= 15 is 0 Å². The predicted octanol–water partition coefficient (Wildman–Crippen LogP) is 2.71. The highest BCUT2D eigenvalue weighted by Crippen LogP contribution is 2.18. The van der Waals surface area contributed by atoms with E-state index in [0.29, 0.717) is 31.1 Å². The molecule has 0 aliphatic carbocycles. The van der Waals surface area contributed by atoms with Crippen LogP contribution in [-0.2, 0) is 6.54 Å². The van der Waals surface area contributed by atoms with Crippen molar-refractivity contribution in [3.8, 4) is 6.01 Å². The van der Waals surface area contributed by atoms with Gasteiger partial charge in [0.1, 0.15) is 0 Å². The minimum absolute atomic E-state index is 0.327. The van der Waals surface area contributed by atoms with Crippen LogP contribution >= 0.6 is 15.9 Å². The van der Waals surface area contributed by atoms with Crippen molar-refractivity contribution in [1.82, 2.24) is 15.0 Å². The van der Waals surface area contributed by atoms with E-state index in [2.05, 4.69) is 48.3 Å². The Morgan fingerprint density at radius 1 is 1.29 bits per heavy atom. The molecule has 1 aromatic carbocycles. The van der Waals surface area contributed by atoms with Gasteiger partial charge in [0, 0.05) is 25.1 Å². The lowest BCUT2D eigenvalue weighted by Gasteiger charge is -2.18. The average molecular weight is 352 g/mol. The molecule has 0 aliphatic rings. The third-order valence-corrected chi connectivity index (χ3v) is 3.24. The minimum atomic E-state index is 0.327. The van der Waals surface area contributed by atoms with Crippen molar-refractivity contribution in [3.05, 3.63) is 34.3 Å². The van der Waals surface area contributed by atoms with Crippen molar-refractivity contribution in [2.75, 3.05) is 30.9 Å².